The standard InChI is InChI=1S/C10H10F10/c1-3-5(11)7(13,14)6(12,4-2)9(17,18)10(19,20)8(5,15)16/h3-4H2,1-2H3. The third kappa shape index (κ3) is 1.31. The number of halogens is 10. The molecule has 2 atom stereocenters. The van der Waals surface area contributed by atoms with Gasteiger partial charge in [-0.25, -0.2) is 8.78 Å². The Bertz CT molecular complexity index is 369. The van der Waals surface area contributed by atoms with Gasteiger partial charge in [0, 0.05) is 0 Å². The second-order valence-electron chi connectivity index (χ2n) is 4.61. The first-order chi connectivity index (χ1) is 8.62. The van der Waals surface area contributed by atoms with Gasteiger partial charge in [0.15, 0.2) is 0 Å². The zero-order valence-corrected chi connectivity index (χ0v) is 10.2. The molecule has 1 aliphatic carbocycles. The molecule has 0 radical (unpaired) electrons. The van der Waals surface area contributed by atoms with Crippen molar-refractivity contribution in [3.8, 4) is 0 Å². The van der Waals surface area contributed by atoms with Crippen molar-refractivity contribution in [2.75, 3.05) is 0 Å². The highest BCUT2D eigenvalue weighted by Gasteiger charge is 2.98. The van der Waals surface area contributed by atoms with Crippen molar-refractivity contribution in [2.24, 2.45) is 0 Å². The van der Waals surface area contributed by atoms with Crippen LogP contribution in [-0.2, 0) is 0 Å². The maximum absolute atomic E-state index is 13.8. The molecule has 0 bridgehead atoms. The van der Waals surface area contributed by atoms with E-state index in [9.17, 15) is 43.9 Å². The second-order valence-corrected chi connectivity index (χ2v) is 4.61. The topological polar surface area (TPSA) is 0 Å². The molecular weight excluding hydrogens is 310 g/mol. The van der Waals surface area contributed by atoms with Crippen molar-refractivity contribution in [1.29, 1.82) is 0 Å². The zero-order chi connectivity index (χ0) is 16.4. The van der Waals surface area contributed by atoms with Crippen LogP contribution in [0.15, 0.2) is 0 Å². The molecule has 0 nitrogen and oxygen atoms in total. The van der Waals surface area contributed by atoms with E-state index in [4.69, 9.17) is 0 Å². The first-order valence-corrected chi connectivity index (χ1v) is 5.51. The van der Waals surface area contributed by atoms with E-state index < -0.39 is 47.9 Å². The Morgan fingerprint density at radius 3 is 0.900 bits per heavy atom. The lowest BCUT2D eigenvalue weighted by atomic mass is 9.65. The molecule has 0 spiro atoms. The summed E-state index contributed by atoms with van der Waals surface area (Å²) < 4.78 is 134. The Labute approximate surface area is 107 Å². The van der Waals surface area contributed by atoms with Crippen molar-refractivity contribution in [3.63, 3.8) is 0 Å². The third-order valence-corrected chi connectivity index (χ3v) is 3.75. The molecule has 0 heterocycles. The van der Waals surface area contributed by atoms with E-state index in [2.05, 4.69) is 0 Å². The minimum Gasteiger partial charge on any atom is -0.230 e. The molecular formula is C10H10F10. The Kier molecular flexibility index (Phi) is 3.42. The van der Waals surface area contributed by atoms with Crippen LogP contribution in [-0.4, -0.2) is 35.0 Å². The first kappa shape index (κ1) is 17.4. The molecule has 20 heavy (non-hydrogen) atoms. The van der Waals surface area contributed by atoms with Crippen molar-refractivity contribution in [2.45, 2.75) is 61.7 Å². The monoisotopic (exact) mass is 320 g/mol. The maximum Gasteiger partial charge on any atom is 0.379 e. The lowest BCUT2D eigenvalue weighted by molar-refractivity contribution is -0.462. The van der Waals surface area contributed by atoms with Crippen molar-refractivity contribution in [1.82, 2.24) is 0 Å². The predicted octanol–water partition coefficient (Wildman–Crippen LogP) is 4.78. The van der Waals surface area contributed by atoms with E-state index in [0.717, 1.165) is 0 Å². The lowest BCUT2D eigenvalue weighted by Crippen LogP contribution is -2.84. The Balaban J connectivity index is 3.81. The van der Waals surface area contributed by atoms with Crippen molar-refractivity contribution < 1.29 is 43.9 Å². The van der Waals surface area contributed by atoms with Crippen LogP contribution in [0, 0.1) is 0 Å². The summed E-state index contributed by atoms with van der Waals surface area (Å²) in [6.45, 7) is 0.634. The van der Waals surface area contributed by atoms with Gasteiger partial charge < -0.3 is 0 Å². The van der Waals surface area contributed by atoms with Crippen LogP contribution in [0.5, 0.6) is 0 Å². The average Bonchev–Trinajstić information content (AvgIpc) is 2.33. The maximum atomic E-state index is 13.8. The SMILES string of the molecule is CCC1(F)C(F)(F)C(F)(F)C(F)(F)C(F)(CC)C1(F)F. The summed E-state index contributed by atoms with van der Waals surface area (Å²) in [5.74, 6) is -25.5. The molecule has 1 aliphatic rings. The summed E-state index contributed by atoms with van der Waals surface area (Å²) in [4.78, 5) is 0. The molecule has 1 rings (SSSR count). The van der Waals surface area contributed by atoms with Crippen LogP contribution < -0.4 is 0 Å². The van der Waals surface area contributed by atoms with E-state index in [1.165, 1.54) is 0 Å². The van der Waals surface area contributed by atoms with Gasteiger partial charge in [0.1, 0.15) is 0 Å². The third-order valence-electron chi connectivity index (χ3n) is 3.75. The van der Waals surface area contributed by atoms with Crippen LogP contribution in [0.2, 0.25) is 0 Å². The summed E-state index contributed by atoms with van der Waals surface area (Å²) in [5, 5.41) is 0. The second kappa shape index (κ2) is 3.94. The molecule has 0 saturated heterocycles. The highest BCUT2D eigenvalue weighted by molar-refractivity contribution is 5.28. The Morgan fingerprint density at radius 2 is 0.700 bits per heavy atom. The summed E-state index contributed by atoms with van der Waals surface area (Å²) >= 11 is 0. The van der Waals surface area contributed by atoms with Gasteiger partial charge >= 0.3 is 23.7 Å². The van der Waals surface area contributed by atoms with Gasteiger partial charge in [0.2, 0.25) is 11.3 Å². The minimum absolute atomic E-state index is 0.317. The van der Waals surface area contributed by atoms with E-state index in [1.807, 2.05) is 0 Å². The van der Waals surface area contributed by atoms with E-state index in [0.29, 0.717) is 13.8 Å². The first-order valence-electron chi connectivity index (χ1n) is 5.51. The van der Waals surface area contributed by atoms with Crippen LogP contribution in [0.25, 0.3) is 0 Å². The molecule has 0 aromatic carbocycles. The largest absolute Gasteiger partial charge is 0.379 e. The van der Waals surface area contributed by atoms with Gasteiger partial charge in [-0.2, -0.15) is 35.1 Å². The van der Waals surface area contributed by atoms with Gasteiger partial charge in [-0.1, -0.05) is 13.8 Å². The molecule has 0 aromatic heterocycles. The molecule has 120 valence electrons. The van der Waals surface area contributed by atoms with Gasteiger partial charge in [-0.05, 0) is 12.8 Å². The highest BCUT2D eigenvalue weighted by atomic mass is 19.4. The molecule has 1 fully saturated rings. The summed E-state index contributed by atoms with van der Waals surface area (Å²) in [6.07, 6.45) is -3.94. The van der Waals surface area contributed by atoms with Gasteiger partial charge in [-0.3, -0.25) is 0 Å². The summed E-state index contributed by atoms with van der Waals surface area (Å²) in [6, 6.07) is 0. The lowest BCUT2D eigenvalue weighted by Gasteiger charge is -2.55. The van der Waals surface area contributed by atoms with Gasteiger partial charge in [0.05, 0.1) is 0 Å². The normalized spacial score (nSPS) is 41.4. The Hall–Kier alpha value is -0.700. The molecule has 0 N–H and O–H groups in total. The minimum atomic E-state index is -6.60. The van der Waals surface area contributed by atoms with Crippen LogP contribution in [0.4, 0.5) is 43.9 Å². The average molecular weight is 320 g/mol. The number of alkyl halides is 10. The Morgan fingerprint density at radius 1 is 0.450 bits per heavy atom. The van der Waals surface area contributed by atoms with E-state index in [1.54, 1.807) is 0 Å². The van der Waals surface area contributed by atoms with E-state index >= 15 is 0 Å². The molecule has 1 saturated carbocycles. The van der Waals surface area contributed by atoms with Gasteiger partial charge in [0.25, 0.3) is 0 Å². The van der Waals surface area contributed by atoms with Crippen LogP contribution in [0.1, 0.15) is 26.7 Å². The number of hydrogen-bond donors (Lipinski definition) is 0. The molecule has 0 aromatic rings. The van der Waals surface area contributed by atoms with Gasteiger partial charge in [-0.15, -0.1) is 0 Å². The molecule has 0 amide bonds. The predicted molar refractivity (Wildman–Crippen MR) is 48.0 cm³/mol. The fourth-order valence-electron chi connectivity index (χ4n) is 2.29. The highest BCUT2D eigenvalue weighted by Crippen LogP contribution is 2.70. The van der Waals surface area contributed by atoms with E-state index in [-0.39, 0.29) is 0 Å². The summed E-state index contributed by atoms with van der Waals surface area (Å²) in [7, 11) is 0. The molecule has 10 heteroatoms. The zero-order valence-electron chi connectivity index (χ0n) is 10.2. The molecule has 2 unspecified atom stereocenters. The quantitative estimate of drug-likeness (QED) is 0.643. The fraction of sp³-hybridized carbons (Fsp3) is 1.00. The van der Waals surface area contributed by atoms with Crippen LogP contribution >= 0.6 is 0 Å². The van der Waals surface area contributed by atoms with Crippen LogP contribution in [0.3, 0.4) is 0 Å². The number of rotatable bonds is 2. The van der Waals surface area contributed by atoms with Crippen molar-refractivity contribution >= 4 is 0 Å². The summed E-state index contributed by atoms with van der Waals surface area (Å²) in [5.41, 5.74) is -10.9. The molecule has 0 aliphatic heterocycles. The number of hydrogen-bond acceptors (Lipinski definition) is 0. The smallest absolute Gasteiger partial charge is 0.230 e. The fourth-order valence-corrected chi connectivity index (χ4v) is 2.29. The van der Waals surface area contributed by atoms with Crippen molar-refractivity contribution in [3.05, 3.63) is 0 Å².